The molecule has 2 atom stereocenters. The van der Waals surface area contributed by atoms with Gasteiger partial charge in [-0.15, -0.1) is 0 Å². The van der Waals surface area contributed by atoms with E-state index in [2.05, 4.69) is 34.1 Å². The van der Waals surface area contributed by atoms with Crippen molar-refractivity contribution in [3.8, 4) is 0 Å². The van der Waals surface area contributed by atoms with Gasteiger partial charge in [-0.25, -0.2) is 0 Å². The molecule has 2 aliphatic heterocycles. The molecule has 1 amide bonds. The van der Waals surface area contributed by atoms with E-state index in [1.165, 1.54) is 5.56 Å². The fourth-order valence-electron chi connectivity index (χ4n) is 4.99. The van der Waals surface area contributed by atoms with Crippen LogP contribution in [0.1, 0.15) is 46.1 Å². The molecular weight excluding hydrogens is 366 g/mol. The number of nitrogens with one attached hydrogen (secondary N) is 1. The number of hydrogen-bond donors (Lipinski definition) is 1. The summed E-state index contributed by atoms with van der Waals surface area (Å²) in [5, 5.41) is 0. The number of fused-ring (bicyclic) bond motifs is 2. The van der Waals surface area contributed by atoms with E-state index in [1.54, 1.807) is 0 Å². The number of aromatic nitrogens is 1. The molecule has 3 aliphatic rings. The van der Waals surface area contributed by atoms with Crippen molar-refractivity contribution in [3.63, 3.8) is 0 Å². The summed E-state index contributed by atoms with van der Waals surface area (Å²) < 4.78 is 5.89. The number of nitrogens with zero attached hydrogens (tertiary/aromatic N) is 2. The molecule has 2 fully saturated rings. The summed E-state index contributed by atoms with van der Waals surface area (Å²) in [6.07, 6.45) is 4.06. The minimum Gasteiger partial charge on any atom is -0.378 e. The first-order valence-electron chi connectivity index (χ1n) is 10.6. The Labute approximate surface area is 170 Å². The van der Waals surface area contributed by atoms with Crippen molar-refractivity contribution >= 4 is 5.91 Å². The van der Waals surface area contributed by atoms with Gasteiger partial charge in [0.25, 0.3) is 11.5 Å². The maximum atomic E-state index is 13.2. The Morgan fingerprint density at radius 1 is 1.07 bits per heavy atom. The van der Waals surface area contributed by atoms with Gasteiger partial charge in [-0.1, -0.05) is 30.3 Å². The molecule has 5 rings (SSSR count). The second-order valence-corrected chi connectivity index (χ2v) is 8.33. The zero-order valence-electron chi connectivity index (χ0n) is 16.6. The van der Waals surface area contributed by atoms with Gasteiger partial charge in [-0.05, 0) is 42.9 Å². The molecule has 152 valence electrons. The van der Waals surface area contributed by atoms with E-state index in [9.17, 15) is 9.59 Å². The number of aryl methyl sites for hydroxylation is 2. The van der Waals surface area contributed by atoms with Crippen LogP contribution in [0.25, 0.3) is 0 Å². The summed E-state index contributed by atoms with van der Waals surface area (Å²) in [5.74, 6) is -0.152. The number of piperazine rings is 1. The molecular formula is C23H27N3O3. The van der Waals surface area contributed by atoms with Crippen molar-refractivity contribution in [1.82, 2.24) is 14.8 Å². The third kappa shape index (κ3) is 3.51. The van der Waals surface area contributed by atoms with Crippen molar-refractivity contribution in [2.75, 3.05) is 32.8 Å². The van der Waals surface area contributed by atoms with Gasteiger partial charge in [0.15, 0.2) is 0 Å². The molecule has 3 heterocycles. The first kappa shape index (κ1) is 18.6. The molecule has 0 saturated carbocycles. The Morgan fingerprint density at radius 3 is 2.76 bits per heavy atom. The van der Waals surface area contributed by atoms with Crippen LogP contribution >= 0.6 is 0 Å². The average Bonchev–Trinajstić information content (AvgIpc) is 2.78. The Hall–Kier alpha value is -2.44. The molecule has 0 unspecified atom stereocenters. The van der Waals surface area contributed by atoms with Crippen LogP contribution in [0.15, 0.2) is 41.2 Å². The highest BCUT2D eigenvalue weighted by Crippen LogP contribution is 2.30. The zero-order chi connectivity index (χ0) is 19.8. The summed E-state index contributed by atoms with van der Waals surface area (Å²) in [4.78, 5) is 33.0. The molecule has 1 aliphatic carbocycles. The number of carbonyl (C=O) groups excluding carboxylic acids is 1. The smallest absolute Gasteiger partial charge is 0.261 e. The molecule has 0 bridgehead atoms. The van der Waals surface area contributed by atoms with Crippen molar-refractivity contribution in [2.45, 2.75) is 37.8 Å². The Bertz CT molecular complexity index is 956. The van der Waals surface area contributed by atoms with Crippen LogP contribution in [0, 0.1) is 0 Å². The largest absolute Gasteiger partial charge is 0.378 e. The Balaban J connectivity index is 1.34. The first-order valence-corrected chi connectivity index (χ1v) is 10.6. The molecule has 6 heteroatoms. The molecule has 0 radical (unpaired) electrons. The molecule has 1 aromatic carbocycles. The number of carbonyl (C=O) groups is 1. The van der Waals surface area contributed by atoms with Crippen molar-refractivity contribution in [3.05, 3.63) is 69.1 Å². The predicted molar refractivity (Wildman–Crippen MR) is 110 cm³/mol. The van der Waals surface area contributed by atoms with Gasteiger partial charge in [0.2, 0.25) is 0 Å². The van der Waals surface area contributed by atoms with Crippen LogP contribution in [0.3, 0.4) is 0 Å². The van der Waals surface area contributed by atoms with Gasteiger partial charge in [-0.2, -0.15) is 0 Å². The fourth-order valence-corrected chi connectivity index (χ4v) is 4.99. The fraction of sp³-hybridized carbons (Fsp3) is 0.478. The molecule has 6 nitrogen and oxygen atoms in total. The lowest BCUT2D eigenvalue weighted by Gasteiger charge is -2.48. The lowest BCUT2D eigenvalue weighted by atomic mass is 9.94. The highest BCUT2D eigenvalue weighted by atomic mass is 16.5. The monoisotopic (exact) mass is 393 g/mol. The van der Waals surface area contributed by atoms with E-state index >= 15 is 0 Å². The minimum absolute atomic E-state index is 0.152. The van der Waals surface area contributed by atoms with Crippen LogP contribution in [0.5, 0.6) is 0 Å². The standard InChI is InChI=1S/C23H27N3O3/c27-22-19(12-17-8-4-5-9-20(17)24-22)23(28)25-10-11-26-18(13-25)14-29-15-21(26)16-6-2-1-3-7-16/h1-3,6-7,12,18,21H,4-5,8-11,13-15H2,(H,24,27)/t18-,21-/m1/s1. The second-order valence-electron chi connectivity index (χ2n) is 8.33. The van der Waals surface area contributed by atoms with Crippen molar-refractivity contribution < 1.29 is 9.53 Å². The Kier molecular flexibility index (Phi) is 4.97. The number of benzene rings is 1. The third-order valence-corrected chi connectivity index (χ3v) is 6.55. The topological polar surface area (TPSA) is 65.6 Å². The summed E-state index contributed by atoms with van der Waals surface area (Å²) >= 11 is 0. The molecule has 1 aromatic heterocycles. The number of hydrogen-bond acceptors (Lipinski definition) is 4. The van der Waals surface area contributed by atoms with E-state index in [1.807, 2.05) is 17.0 Å². The van der Waals surface area contributed by atoms with Gasteiger partial charge in [0.1, 0.15) is 5.56 Å². The summed E-state index contributed by atoms with van der Waals surface area (Å²) in [7, 11) is 0. The number of amides is 1. The van der Waals surface area contributed by atoms with Gasteiger partial charge in [-0.3, -0.25) is 14.5 Å². The van der Waals surface area contributed by atoms with E-state index in [0.717, 1.165) is 43.5 Å². The van der Waals surface area contributed by atoms with Crippen LogP contribution in [-0.4, -0.2) is 59.6 Å². The molecule has 0 spiro atoms. The highest BCUT2D eigenvalue weighted by Gasteiger charge is 2.38. The van der Waals surface area contributed by atoms with Crippen LogP contribution in [0.2, 0.25) is 0 Å². The number of aromatic amines is 1. The van der Waals surface area contributed by atoms with E-state index in [4.69, 9.17) is 4.74 Å². The molecule has 1 N–H and O–H groups in total. The molecule has 2 saturated heterocycles. The average molecular weight is 393 g/mol. The summed E-state index contributed by atoms with van der Waals surface area (Å²) in [6, 6.07) is 12.6. The van der Waals surface area contributed by atoms with E-state index in [-0.39, 0.29) is 29.1 Å². The minimum atomic E-state index is -0.250. The maximum Gasteiger partial charge on any atom is 0.261 e. The second kappa shape index (κ2) is 7.76. The summed E-state index contributed by atoms with van der Waals surface area (Å²) in [6.45, 7) is 3.32. The van der Waals surface area contributed by atoms with Gasteiger partial charge in [0, 0.05) is 25.3 Å². The number of morpholine rings is 1. The van der Waals surface area contributed by atoms with Crippen LogP contribution < -0.4 is 5.56 Å². The third-order valence-electron chi connectivity index (χ3n) is 6.55. The highest BCUT2D eigenvalue weighted by molar-refractivity contribution is 5.94. The lowest BCUT2D eigenvalue weighted by Crippen LogP contribution is -2.60. The van der Waals surface area contributed by atoms with Gasteiger partial charge < -0.3 is 14.6 Å². The number of pyridine rings is 1. The zero-order valence-corrected chi connectivity index (χ0v) is 16.6. The lowest BCUT2D eigenvalue weighted by molar-refractivity contribution is -0.0770. The SMILES string of the molecule is O=C(c1cc2c([nH]c1=O)CCCC2)N1CCN2[C@@H](COC[C@@H]2c2ccccc2)C1. The first-order chi connectivity index (χ1) is 14.2. The summed E-state index contributed by atoms with van der Waals surface area (Å²) in [5.41, 5.74) is 3.43. The van der Waals surface area contributed by atoms with Gasteiger partial charge in [0.05, 0.1) is 25.3 Å². The van der Waals surface area contributed by atoms with Crippen LogP contribution in [0.4, 0.5) is 0 Å². The molecule has 29 heavy (non-hydrogen) atoms. The number of rotatable bonds is 2. The van der Waals surface area contributed by atoms with Gasteiger partial charge >= 0.3 is 0 Å². The van der Waals surface area contributed by atoms with Crippen molar-refractivity contribution in [2.24, 2.45) is 0 Å². The van der Waals surface area contributed by atoms with Crippen LogP contribution in [-0.2, 0) is 17.6 Å². The number of ether oxygens (including phenoxy) is 1. The number of H-pyrrole nitrogens is 1. The maximum absolute atomic E-state index is 13.2. The van der Waals surface area contributed by atoms with Crippen molar-refractivity contribution in [1.29, 1.82) is 0 Å². The Morgan fingerprint density at radius 2 is 1.90 bits per heavy atom. The quantitative estimate of drug-likeness (QED) is 0.849. The molecule has 2 aromatic rings. The predicted octanol–water partition coefficient (Wildman–Crippen LogP) is 2.15. The van der Waals surface area contributed by atoms with E-state index in [0.29, 0.717) is 26.3 Å². The normalized spacial score (nSPS) is 24.6. The van der Waals surface area contributed by atoms with E-state index < -0.39 is 0 Å².